The van der Waals surface area contributed by atoms with E-state index in [1.807, 2.05) is 22.9 Å². The molecule has 2 heterocycles. The number of hydrogen-bond acceptors (Lipinski definition) is 3. The molecular formula is C6H4FIN4O. The zero-order chi connectivity index (χ0) is 9.59. The number of nitrogen functional groups attached to an aromatic ring is 1. The van der Waals surface area contributed by atoms with E-state index < -0.39 is 11.4 Å². The van der Waals surface area contributed by atoms with Crippen molar-refractivity contribution < 1.29 is 4.39 Å². The highest BCUT2D eigenvalue weighted by Gasteiger charge is 2.12. The van der Waals surface area contributed by atoms with Crippen LogP contribution in [0.15, 0.2) is 11.0 Å². The zero-order valence-corrected chi connectivity index (χ0v) is 8.37. The summed E-state index contributed by atoms with van der Waals surface area (Å²) in [5.41, 5.74) is 4.97. The maximum atomic E-state index is 13.1. The molecule has 0 spiro atoms. The van der Waals surface area contributed by atoms with E-state index in [1.165, 1.54) is 8.98 Å². The molecule has 7 heteroatoms. The van der Waals surface area contributed by atoms with Gasteiger partial charge in [0, 0.05) is 0 Å². The summed E-state index contributed by atoms with van der Waals surface area (Å²) in [6, 6.07) is 0. The lowest BCUT2D eigenvalue weighted by molar-refractivity contribution is 0.638. The Hall–Kier alpha value is -1.12. The topological polar surface area (TPSA) is 76.7 Å². The Bertz CT molecular complexity index is 531. The van der Waals surface area contributed by atoms with Crippen molar-refractivity contribution in [2.45, 2.75) is 0 Å². The SMILES string of the molecule is Nc1nc2c(c(F)cn2I)c(=O)[nH]1. The van der Waals surface area contributed by atoms with Gasteiger partial charge in [0.2, 0.25) is 5.95 Å². The van der Waals surface area contributed by atoms with Gasteiger partial charge in [-0.2, -0.15) is 4.98 Å². The number of nitrogens with two attached hydrogens (primary N) is 1. The van der Waals surface area contributed by atoms with E-state index in [2.05, 4.69) is 9.97 Å². The summed E-state index contributed by atoms with van der Waals surface area (Å²) in [5.74, 6) is -0.619. The molecule has 5 nitrogen and oxygen atoms in total. The monoisotopic (exact) mass is 294 g/mol. The molecule has 2 aromatic heterocycles. The highest BCUT2D eigenvalue weighted by Crippen LogP contribution is 2.16. The van der Waals surface area contributed by atoms with E-state index in [4.69, 9.17) is 5.73 Å². The van der Waals surface area contributed by atoms with Crippen molar-refractivity contribution in [3.63, 3.8) is 0 Å². The van der Waals surface area contributed by atoms with Gasteiger partial charge in [-0.05, 0) is 0 Å². The molecule has 0 saturated heterocycles. The number of hydrogen-bond donors (Lipinski definition) is 2. The van der Waals surface area contributed by atoms with E-state index in [0.717, 1.165) is 0 Å². The minimum Gasteiger partial charge on any atom is -0.369 e. The fourth-order valence-corrected chi connectivity index (χ4v) is 1.67. The molecule has 68 valence electrons. The Morgan fingerprint density at radius 1 is 1.69 bits per heavy atom. The molecule has 0 amide bonds. The number of nitrogens with one attached hydrogen (secondary N) is 1. The third-order valence-electron chi connectivity index (χ3n) is 1.59. The molecule has 0 aliphatic heterocycles. The molecule has 0 bridgehead atoms. The van der Waals surface area contributed by atoms with Crippen molar-refractivity contribution >= 4 is 39.8 Å². The van der Waals surface area contributed by atoms with Crippen LogP contribution in [0.3, 0.4) is 0 Å². The van der Waals surface area contributed by atoms with Crippen LogP contribution in [0.2, 0.25) is 0 Å². The van der Waals surface area contributed by atoms with E-state index in [9.17, 15) is 9.18 Å². The van der Waals surface area contributed by atoms with Crippen molar-refractivity contribution in [2.24, 2.45) is 0 Å². The quantitative estimate of drug-likeness (QED) is 0.700. The molecule has 0 radical (unpaired) electrons. The standard InChI is InChI=1S/C6H4FIN4O/c7-2-1-12(8)4-3(2)5(13)11-6(9)10-4/h1H,(H3,9,10,11,13). The van der Waals surface area contributed by atoms with Crippen LogP contribution in [0.25, 0.3) is 11.0 Å². The first-order chi connectivity index (χ1) is 6.09. The van der Waals surface area contributed by atoms with Crippen molar-refractivity contribution in [3.05, 3.63) is 22.4 Å². The van der Waals surface area contributed by atoms with Gasteiger partial charge in [0.15, 0.2) is 11.5 Å². The smallest absolute Gasteiger partial charge is 0.264 e. The Morgan fingerprint density at radius 2 is 2.38 bits per heavy atom. The molecule has 2 aromatic rings. The Morgan fingerprint density at radius 3 is 3.08 bits per heavy atom. The fraction of sp³-hybridized carbons (Fsp3) is 0. The van der Waals surface area contributed by atoms with Gasteiger partial charge in [-0.15, -0.1) is 0 Å². The van der Waals surface area contributed by atoms with Crippen LogP contribution >= 0.6 is 22.9 Å². The lowest BCUT2D eigenvalue weighted by atomic mass is 10.4. The number of fused-ring (bicyclic) bond motifs is 1. The van der Waals surface area contributed by atoms with Gasteiger partial charge in [0.25, 0.3) is 5.56 Å². The predicted molar refractivity (Wildman–Crippen MR) is 54.1 cm³/mol. The molecule has 2 rings (SSSR count). The Kier molecular flexibility index (Phi) is 1.75. The molecule has 0 aliphatic carbocycles. The summed E-state index contributed by atoms with van der Waals surface area (Å²) >= 11 is 1.82. The van der Waals surface area contributed by atoms with Crippen LogP contribution in [0.1, 0.15) is 0 Å². The number of aromatic nitrogens is 3. The van der Waals surface area contributed by atoms with Crippen molar-refractivity contribution in [1.29, 1.82) is 0 Å². The fourth-order valence-electron chi connectivity index (χ4n) is 1.07. The van der Waals surface area contributed by atoms with Gasteiger partial charge in [-0.1, -0.05) is 0 Å². The summed E-state index contributed by atoms with van der Waals surface area (Å²) in [6.45, 7) is 0. The second kappa shape index (κ2) is 2.69. The number of aromatic amines is 1. The highest BCUT2D eigenvalue weighted by atomic mass is 127. The first-order valence-electron chi connectivity index (χ1n) is 3.32. The van der Waals surface area contributed by atoms with Crippen molar-refractivity contribution in [2.75, 3.05) is 5.73 Å². The van der Waals surface area contributed by atoms with Gasteiger partial charge in [-0.3, -0.25) is 12.6 Å². The Balaban J connectivity index is 3.06. The summed E-state index contributed by atoms with van der Waals surface area (Å²) in [6.07, 6.45) is 1.17. The van der Waals surface area contributed by atoms with E-state index >= 15 is 0 Å². The number of H-pyrrole nitrogens is 1. The Labute approximate surface area is 85.3 Å². The maximum Gasteiger partial charge on any atom is 0.264 e. The molecule has 3 N–H and O–H groups in total. The number of nitrogens with zero attached hydrogens (tertiary/aromatic N) is 2. The van der Waals surface area contributed by atoms with Crippen LogP contribution in [0.4, 0.5) is 10.3 Å². The average molecular weight is 294 g/mol. The lowest BCUT2D eigenvalue weighted by Gasteiger charge is -1.93. The minimum atomic E-state index is -0.599. The summed E-state index contributed by atoms with van der Waals surface area (Å²) in [7, 11) is 0. The molecule has 0 aromatic carbocycles. The average Bonchev–Trinajstić information content (AvgIpc) is 2.27. The number of rotatable bonds is 0. The number of halogens is 2. The van der Waals surface area contributed by atoms with Crippen LogP contribution in [-0.2, 0) is 0 Å². The van der Waals surface area contributed by atoms with Crippen molar-refractivity contribution in [1.82, 2.24) is 12.7 Å². The molecule has 0 fully saturated rings. The van der Waals surface area contributed by atoms with Crippen LogP contribution in [0, 0.1) is 5.82 Å². The first kappa shape index (κ1) is 8.48. The van der Waals surface area contributed by atoms with Crippen LogP contribution in [0.5, 0.6) is 0 Å². The third kappa shape index (κ3) is 1.19. The van der Waals surface area contributed by atoms with Crippen LogP contribution < -0.4 is 11.3 Å². The minimum absolute atomic E-state index is 0.0199. The lowest BCUT2D eigenvalue weighted by Crippen LogP contribution is -2.11. The van der Waals surface area contributed by atoms with Crippen LogP contribution in [-0.4, -0.2) is 12.7 Å². The van der Waals surface area contributed by atoms with Gasteiger partial charge in [0.05, 0.1) is 29.1 Å². The molecule has 0 aliphatic rings. The van der Waals surface area contributed by atoms with E-state index in [-0.39, 0.29) is 17.0 Å². The van der Waals surface area contributed by atoms with Gasteiger partial charge >= 0.3 is 0 Å². The second-order valence-corrected chi connectivity index (χ2v) is 3.48. The largest absolute Gasteiger partial charge is 0.369 e. The van der Waals surface area contributed by atoms with E-state index in [1.54, 1.807) is 0 Å². The van der Waals surface area contributed by atoms with Crippen molar-refractivity contribution in [3.8, 4) is 0 Å². The summed E-state index contributed by atoms with van der Waals surface area (Å²) in [4.78, 5) is 17.2. The van der Waals surface area contributed by atoms with Gasteiger partial charge in [-0.25, -0.2) is 4.39 Å². The third-order valence-corrected chi connectivity index (χ3v) is 2.32. The zero-order valence-electron chi connectivity index (χ0n) is 6.21. The number of anilines is 1. The molecule has 0 unspecified atom stereocenters. The predicted octanol–water partition coefficient (Wildman–Crippen LogP) is 0.644. The van der Waals surface area contributed by atoms with Gasteiger partial charge < -0.3 is 5.73 Å². The van der Waals surface area contributed by atoms with Gasteiger partial charge in [0.1, 0.15) is 5.39 Å². The highest BCUT2D eigenvalue weighted by molar-refractivity contribution is 14.1. The van der Waals surface area contributed by atoms with E-state index in [0.29, 0.717) is 0 Å². The molecule has 13 heavy (non-hydrogen) atoms. The summed E-state index contributed by atoms with van der Waals surface area (Å²) in [5, 5.41) is -0.0661. The summed E-state index contributed by atoms with van der Waals surface area (Å²) < 4.78 is 14.5. The normalized spacial score (nSPS) is 10.9. The second-order valence-electron chi connectivity index (χ2n) is 2.44. The molecule has 0 saturated carbocycles. The molecule has 0 atom stereocenters. The molecular weight excluding hydrogens is 290 g/mol. The first-order valence-corrected chi connectivity index (χ1v) is 4.28. The maximum absolute atomic E-state index is 13.1.